The smallest absolute Gasteiger partial charge is 0.161 e. The van der Waals surface area contributed by atoms with Crippen molar-refractivity contribution in [3.05, 3.63) is 54.1 Å². The number of methoxy groups -OCH3 is 1. The Morgan fingerprint density at radius 1 is 1.00 bits per heavy atom. The molecule has 0 aromatic heterocycles. The van der Waals surface area contributed by atoms with Gasteiger partial charge in [-0.2, -0.15) is 0 Å². The van der Waals surface area contributed by atoms with Gasteiger partial charge in [-0.15, -0.1) is 0 Å². The first-order valence-corrected chi connectivity index (χ1v) is 6.81. The van der Waals surface area contributed by atoms with Gasteiger partial charge in [-0.1, -0.05) is 24.3 Å². The van der Waals surface area contributed by atoms with E-state index in [1.807, 2.05) is 50.2 Å². The molecule has 106 valence electrons. The third-order valence-electron chi connectivity index (χ3n) is 2.86. The summed E-state index contributed by atoms with van der Waals surface area (Å²) in [5.41, 5.74) is 2.26. The van der Waals surface area contributed by atoms with Gasteiger partial charge in [-0.25, -0.2) is 0 Å². The summed E-state index contributed by atoms with van der Waals surface area (Å²) in [6.45, 7) is 4.77. The quantitative estimate of drug-likeness (QED) is 0.858. The Morgan fingerprint density at radius 3 is 2.40 bits per heavy atom. The molecule has 2 rings (SSSR count). The van der Waals surface area contributed by atoms with Crippen LogP contribution < -0.4 is 14.8 Å². The number of ether oxygens (including phenoxy) is 2. The number of hydrogen-bond donors (Lipinski definition) is 1. The van der Waals surface area contributed by atoms with Gasteiger partial charge in [0, 0.05) is 12.2 Å². The van der Waals surface area contributed by atoms with Crippen LogP contribution in [0.2, 0.25) is 0 Å². The highest BCUT2D eigenvalue weighted by atomic mass is 16.5. The van der Waals surface area contributed by atoms with Gasteiger partial charge in [0.15, 0.2) is 11.5 Å². The van der Waals surface area contributed by atoms with Crippen molar-refractivity contribution in [2.75, 3.05) is 12.4 Å². The fourth-order valence-electron chi connectivity index (χ4n) is 1.94. The molecule has 0 aliphatic heterocycles. The van der Waals surface area contributed by atoms with Crippen molar-refractivity contribution in [2.24, 2.45) is 0 Å². The summed E-state index contributed by atoms with van der Waals surface area (Å²) in [7, 11) is 1.66. The van der Waals surface area contributed by atoms with Gasteiger partial charge < -0.3 is 14.8 Å². The maximum Gasteiger partial charge on any atom is 0.161 e. The Bertz CT molecular complexity index is 538. The van der Waals surface area contributed by atoms with Gasteiger partial charge in [-0.05, 0) is 43.7 Å². The molecule has 0 heterocycles. The third-order valence-corrected chi connectivity index (χ3v) is 2.86. The Kier molecular flexibility index (Phi) is 4.88. The third kappa shape index (κ3) is 3.92. The molecule has 1 N–H and O–H groups in total. The summed E-state index contributed by atoms with van der Waals surface area (Å²) < 4.78 is 11.1. The van der Waals surface area contributed by atoms with Crippen LogP contribution in [0.15, 0.2) is 48.5 Å². The molecule has 0 spiro atoms. The van der Waals surface area contributed by atoms with E-state index in [0.29, 0.717) is 0 Å². The molecular weight excluding hydrogens is 250 g/mol. The summed E-state index contributed by atoms with van der Waals surface area (Å²) in [5.74, 6) is 1.55. The molecule has 0 amide bonds. The molecule has 0 radical (unpaired) electrons. The summed E-state index contributed by atoms with van der Waals surface area (Å²) in [6.07, 6.45) is 0.126. The van der Waals surface area contributed by atoms with Crippen molar-refractivity contribution < 1.29 is 9.47 Å². The van der Waals surface area contributed by atoms with E-state index in [1.165, 1.54) is 0 Å². The van der Waals surface area contributed by atoms with Crippen molar-refractivity contribution in [2.45, 2.75) is 26.5 Å². The molecule has 0 unspecified atom stereocenters. The number of hydrogen-bond acceptors (Lipinski definition) is 3. The molecule has 2 aromatic carbocycles. The van der Waals surface area contributed by atoms with Crippen LogP contribution in [0.4, 0.5) is 5.69 Å². The number of benzene rings is 2. The van der Waals surface area contributed by atoms with E-state index in [0.717, 1.165) is 29.3 Å². The number of nitrogens with one attached hydrogen (secondary N) is 1. The van der Waals surface area contributed by atoms with Crippen molar-refractivity contribution in [3.63, 3.8) is 0 Å². The average Bonchev–Trinajstić information content (AvgIpc) is 2.46. The molecule has 20 heavy (non-hydrogen) atoms. The van der Waals surface area contributed by atoms with E-state index >= 15 is 0 Å². The van der Waals surface area contributed by atoms with Crippen LogP contribution >= 0.6 is 0 Å². The van der Waals surface area contributed by atoms with Gasteiger partial charge in [-0.3, -0.25) is 0 Å². The molecular formula is C17H21NO2. The minimum Gasteiger partial charge on any atom is -0.493 e. The van der Waals surface area contributed by atoms with E-state index < -0.39 is 0 Å². The van der Waals surface area contributed by atoms with Gasteiger partial charge in [0.25, 0.3) is 0 Å². The molecule has 2 aromatic rings. The second-order valence-electron chi connectivity index (χ2n) is 4.87. The average molecular weight is 271 g/mol. The number of anilines is 1. The van der Waals surface area contributed by atoms with Gasteiger partial charge in [0.05, 0.1) is 13.2 Å². The van der Waals surface area contributed by atoms with E-state index in [9.17, 15) is 0 Å². The largest absolute Gasteiger partial charge is 0.493 e. The lowest BCUT2D eigenvalue weighted by atomic mass is 10.2. The molecule has 3 nitrogen and oxygen atoms in total. The van der Waals surface area contributed by atoms with Crippen LogP contribution in [0.5, 0.6) is 11.5 Å². The zero-order valence-corrected chi connectivity index (χ0v) is 12.2. The van der Waals surface area contributed by atoms with Crippen LogP contribution in [-0.2, 0) is 6.54 Å². The van der Waals surface area contributed by atoms with Gasteiger partial charge in [0.2, 0.25) is 0 Å². The summed E-state index contributed by atoms with van der Waals surface area (Å²) in [4.78, 5) is 0. The van der Waals surface area contributed by atoms with E-state index in [-0.39, 0.29) is 6.10 Å². The first-order chi connectivity index (χ1) is 9.69. The Morgan fingerprint density at radius 2 is 1.75 bits per heavy atom. The Labute approximate surface area is 120 Å². The summed E-state index contributed by atoms with van der Waals surface area (Å²) in [5, 5.41) is 3.38. The van der Waals surface area contributed by atoms with Crippen molar-refractivity contribution in [1.29, 1.82) is 0 Å². The highest BCUT2D eigenvalue weighted by Gasteiger charge is 2.07. The van der Waals surface area contributed by atoms with Crippen LogP contribution in [0, 0.1) is 0 Å². The molecule has 0 saturated carbocycles. The fourth-order valence-corrected chi connectivity index (χ4v) is 1.94. The topological polar surface area (TPSA) is 30.5 Å². The minimum absolute atomic E-state index is 0.126. The van der Waals surface area contributed by atoms with Crippen LogP contribution in [0.1, 0.15) is 19.4 Å². The van der Waals surface area contributed by atoms with Crippen molar-refractivity contribution >= 4 is 5.69 Å². The van der Waals surface area contributed by atoms with Gasteiger partial charge in [0.1, 0.15) is 0 Å². The predicted octanol–water partition coefficient (Wildman–Crippen LogP) is 4.09. The fraction of sp³-hybridized carbons (Fsp3) is 0.294. The van der Waals surface area contributed by atoms with E-state index in [4.69, 9.17) is 9.47 Å². The van der Waals surface area contributed by atoms with Crippen LogP contribution in [0.3, 0.4) is 0 Å². The summed E-state index contributed by atoms with van der Waals surface area (Å²) in [6, 6.07) is 16.2. The van der Waals surface area contributed by atoms with Crippen LogP contribution in [-0.4, -0.2) is 13.2 Å². The first kappa shape index (κ1) is 14.3. The second-order valence-corrected chi connectivity index (χ2v) is 4.87. The molecule has 0 aliphatic carbocycles. The maximum absolute atomic E-state index is 5.78. The lowest BCUT2D eigenvalue weighted by Crippen LogP contribution is -2.07. The molecule has 0 saturated heterocycles. The highest BCUT2D eigenvalue weighted by molar-refractivity contribution is 5.46. The van der Waals surface area contributed by atoms with Gasteiger partial charge >= 0.3 is 0 Å². The lowest BCUT2D eigenvalue weighted by Gasteiger charge is -2.15. The molecule has 3 heteroatoms. The predicted molar refractivity (Wildman–Crippen MR) is 82.5 cm³/mol. The van der Waals surface area contributed by atoms with E-state index in [1.54, 1.807) is 7.11 Å². The minimum atomic E-state index is 0.126. The Hall–Kier alpha value is -2.16. The van der Waals surface area contributed by atoms with E-state index in [2.05, 4.69) is 17.4 Å². The SMILES string of the molecule is COc1ccc(CNc2ccccc2)cc1OC(C)C. The molecule has 0 bridgehead atoms. The molecule has 0 aliphatic rings. The number of para-hydroxylation sites is 1. The first-order valence-electron chi connectivity index (χ1n) is 6.81. The normalized spacial score (nSPS) is 10.4. The van der Waals surface area contributed by atoms with Crippen LogP contribution in [0.25, 0.3) is 0 Å². The standard InChI is InChI=1S/C17H21NO2/c1-13(2)20-17-11-14(9-10-16(17)19-3)12-18-15-7-5-4-6-8-15/h4-11,13,18H,12H2,1-3H3. The zero-order chi connectivity index (χ0) is 14.4. The monoisotopic (exact) mass is 271 g/mol. The number of rotatable bonds is 6. The Balaban J connectivity index is 2.08. The second kappa shape index (κ2) is 6.85. The lowest BCUT2D eigenvalue weighted by molar-refractivity contribution is 0.230. The zero-order valence-electron chi connectivity index (χ0n) is 12.2. The maximum atomic E-state index is 5.78. The highest BCUT2D eigenvalue weighted by Crippen LogP contribution is 2.29. The molecule has 0 atom stereocenters. The molecule has 0 fully saturated rings. The van der Waals surface area contributed by atoms with Crippen molar-refractivity contribution in [3.8, 4) is 11.5 Å². The van der Waals surface area contributed by atoms with Crippen molar-refractivity contribution in [1.82, 2.24) is 0 Å². The summed E-state index contributed by atoms with van der Waals surface area (Å²) >= 11 is 0.